The molecule has 0 heterocycles. The van der Waals surface area contributed by atoms with Crippen molar-refractivity contribution >= 4 is 11.8 Å². The molecule has 6 heteroatoms. The van der Waals surface area contributed by atoms with Gasteiger partial charge in [0.15, 0.2) is 0 Å². The van der Waals surface area contributed by atoms with Gasteiger partial charge in [0.25, 0.3) is 0 Å². The lowest BCUT2D eigenvalue weighted by Gasteiger charge is -2.26. The number of amides is 1. The number of hydrogen-bond acceptors (Lipinski definition) is 4. The molecule has 0 aliphatic rings. The number of anilines is 1. The van der Waals surface area contributed by atoms with Crippen LogP contribution in [-0.4, -0.2) is 28.7 Å². The Balaban J connectivity index is 2.06. The Morgan fingerprint density at radius 1 is 1.29 bits per heavy atom. The Hall–Kier alpha value is -3.20. The minimum absolute atomic E-state index is 0.122. The second-order valence-corrected chi connectivity index (χ2v) is 5.39. The molecule has 0 fully saturated rings. The average molecular weight is 325 g/mol. The largest absolute Gasteiger partial charge is 0.490 e. The van der Waals surface area contributed by atoms with Crippen molar-refractivity contribution in [1.29, 1.82) is 5.26 Å². The van der Waals surface area contributed by atoms with E-state index in [1.807, 2.05) is 36.4 Å². The number of hydrogen-bond donors (Lipinski definition) is 2. The van der Waals surface area contributed by atoms with Gasteiger partial charge in [0.05, 0.1) is 11.7 Å². The van der Waals surface area contributed by atoms with Gasteiger partial charge < -0.3 is 15.6 Å². The molecule has 124 valence electrons. The van der Waals surface area contributed by atoms with E-state index < -0.39 is 12.1 Å². The van der Waals surface area contributed by atoms with Crippen molar-refractivity contribution in [1.82, 2.24) is 4.90 Å². The highest BCUT2D eigenvalue weighted by Crippen LogP contribution is 2.23. The molecule has 0 unspecified atom stereocenters. The monoisotopic (exact) mass is 325 g/mol. The van der Waals surface area contributed by atoms with Crippen LogP contribution in [-0.2, 0) is 6.54 Å². The summed E-state index contributed by atoms with van der Waals surface area (Å²) in [7, 11) is 0. The quantitative estimate of drug-likeness (QED) is 0.795. The second kappa shape index (κ2) is 7.88. The molecule has 0 radical (unpaired) electrons. The van der Waals surface area contributed by atoms with E-state index in [4.69, 9.17) is 15.7 Å². The van der Waals surface area contributed by atoms with Gasteiger partial charge in [-0.25, -0.2) is 4.79 Å². The third-order valence-corrected chi connectivity index (χ3v) is 3.62. The molecule has 2 aromatic rings. The first kappa shape index (κ1) is 17.2. The number of nitrogen functional groups attached to an aromatic ring is 1. The third kappa shape index (κ3) is 4.17. The normalized spacial score (nSPS) is 11.3. The zero-order valence-electron chi connectivity index (χ0n) is 13.3. The highest BCUT2D eigenvalue weighted by Gasteiger charge is 2.21. The Bertz CT molecular complexity index is 741. The van der Waals surface area contributed by atoms with Crippen LogP contribution >= 0.6 is 0 Å². The Labute approximate surface area is 140 Å². The second-order valence-electron chi connectivity index (χ2n) is 5.39. The molecule has 0 aromatic heterocycles. The molecule has 0 aliphatic heterocycles. The molecule has 3 N–H and O–H groups in total. The van der Waals surface area contributed by atoms with Gasteiger partial charge in [-0.1, -0.05) is 36.4 Å². The molecule has 2 rings (SSSR count). The predicted molar refractivity (Wildman–Crippen MR) is 90.5 cm³/mol. The smallest absolute Gasteiger partial charge is 0.407 e. The number of nitrogens with zero attached hydrogens (tertiary/aromatic N) is 2. The first-order chi connectivity index (χ1) is 11.5. The number of carboxylic acid groups (broad SMARTS) is 1. The zero-order valence-corrected chi connectivity index (χ0v) is 13.3. The lowest BCUT2D eigenvalue weighted by Crippen LogP contribution is -2.40. The van der Waals surface area contributed by atoms with Crippen molar-refractivity contribution in [3.63, 3.8) is 0 Å². The van der Waals surface area contributed by atoms with E-state index in [1.54, 1.807) is 25.1 Å². The maximum atomic E-state index is 11.5. The molecule has 2 aromatic carbocycles. The van der Waals surface area contributed by atoms with Gasteiger partial charge >= 0.3 is 6.09 Å². The summed E-state index contributed by atoms with van der Waals surface area (Å²) in [6.45, 7) is 2.15. The molecule has 1 atom stereocenters. The van der Waals surface area contributed by atoms with Gasteiger partial charge in [-0.2, -0.15) is 5.26 Å². The van der Waals surface area contributed by atoms with Crippen LogP contribution in [0.3, 0.4) is 0 Å². The standard InChI is InChI=1S/C18H19N3O3/c1-13(12-24-17-9-5-8-16(20)15(17)10-19)21(18(22)23)11-14-6-3-2-4-7-14/h2-9,13H,11-12,20H2,1H3,(H,22,23)/t13-/m0/s1. The van der Waals surface area contributed by atoms with E-state index in [2.05, 4.69) is 0 Å². The Morgan fingerprint density at radius 3 is 2.62 bits per heavy atom. The van der Waals surface area contributed by atoms with Crippen molar-refractivity contribution in [2.45, 2.75) is 19.5 Å². The van der Waals surface area contributed by atoms with E-state index >= 15 is 0 Å². The SMILES string of the molecule is C[C@@H](COc1cccc(N)c1C#N)N(Cc1ccccc1)C(=O)O. The summed E-state index contributed by atoms with van der Waals surface area (Å²) in [5, 5.41) is 18.6. The van der Waals surface area contributed by atoms with Gasteiger partial charge in [-0.3, -0.25) is 4.90 Å². The average Bonchev–Trinajstić information content (AvgIpc) is 2.58. The van der Waals surface area contributed by atoms with Crippen LogP contribution < -0.4 is 10.5 Å². The van der Waals surface area contributed by atoms with E-state index in [0.29, 0.717) is 11.4 Å². The van der Waals surface area contributed by atoms with Crippen molar-refractivity contribution in [3.05, 3.63) is 59.7 Å². The zero-order chi connectivity index (χ0) is 17.5. The fraction of sp³-hybridized carbons (Fsp3) is 0.222. The minimum Gasteiger partial charge on any atom is -0.490 e. The highest BCUT2D eigenvalue weighted by molar-refractivity contribution is 5.65. The van der Waals surface area contributed by atoms with Crippen LogP contribution in [0.2, 0.25) is 0 Å². The molecular weight excluding hydrogens is 306 g/mol. The molecule has 1 amide bonds. The van der Waals surface area contributed by atoms with Crippen molar-refractivity contribution < 1.29 is 14.6 Å². The number of nitriles is 1. The maximum Gasteiger partial charge on any atom is 0.407 e. The number of rotatable bonds is 6. The van der Waals surface area contributed by atoms with Gasteiger partial charge in [0.2, 0.25) is 0 Å². The number of nitrogens with two attached hydrogens (primary N) is 1. The van der Waals surface area contributed by atoms with E-state index in [-0.39, 0.29) is 18.7 Å². The van der Waals surface area contributed by atoms with Crippen LogP contribution in [0.1, 0.15) is 18.1 Å². The summed E-state index contributed by atoms with van der Waals surface area (Å²) in [5.41, 5.74) is 7.23. The summed E-state index contributed by atoms with van der Waals surface area (Å²) >= 11 is 0. The van der Waals surface area contributed by atoms with Crippen molar-refractivity contribution in [2.24, 2.45) is 0 Å². The molecule has 6 nitrogen and oxygen atoms in total. The van der Waals surface area contributed by atoms with Gasteiger partial charge in [-0.05, 0) is 24.6 Å². The van der Waals surface area contributed by atoms with Crippen molar-refractivity contribution in [2.75, 3.05) is 12.3 Å². The molecule has 0 saturated carbocycles. The van der Waals surface area contributed by atoms with Crippen LogP contribution in [0, 0.1) is 11.3 Å². The summed E-state index contributed by atoms with van der Waals surface area (Å²) in [6, 6.07) is 15.9. The first-order valence-electron chi connectivity index (χ1n) is 7.47. The van der Waals surface area contributed by atoms with Crippen LogP contribution in [0.25, 0.3) is 0 Å². The van der Waals surface area contributed by atoms with E-state index in [1.165, 1.54) is 4.90 Å². The number of carbonyl (C=O) groups is 1. The Kier molecular flexibility index (Phi) is 5.63. The molecule has 24 heavy (non-hydrogen) atoms. The minimum atomic E-state index is -1.02. The van der Waals surface area contributed by atoms with E-state index in [0.717, 1.165) is 5.56 Å². The molecular formula is C18H19N3O3. The number of benzene rings is 2. The summed E-state index contributed by atoms with van der Waals surface area (Å²) in [5.74, 6) is 0.356. The topological polar surface area (TPSA) is 99.6 Å². The first-order valence-corrected chi connectivity index (χ1v) is 7.47. The third-order valence-electron chi connectivity index (χ3n) is 3.62. The van der Waals surface area contributed by atoms with E-state index in [9.17, 15) is 9.90 Å². The number of ether oxygens (including phenoxy) is 1. The van der Waals surface area contributed by atoms with Crippen LogP contribution in [0.15, 0.2) is 48.5 Å². The van der Waals surface area contributed by atoms with Gasteiger partial charge in [-0.15, -0.1) is 0 Å². The van der Waals surface area contributed by atoms with Gasteiger partial charge in [0.1, 0.15) is 24.0 Å². The predicted octanol–water partition coefficient (Wildman–Crippen LogP) is 3.09. The summed E-state index contributed by atoms with van der Waals surface area (Å²) in [4.78, 5) is 12.8. The lowest BCUT2D eigenvalue weighted by molar-refractivity contribution is 0.105. The molecule has 0 spiro atoms. The van der Waals surface area contributed by atoms with Crippen LogP contribution in [0.5, 0.6) is 5.75 Å². The maximum absolute atomic E-state index is 11.5. The Morgan fingerprint density at radius 2 is 2.00 bits per heavy atom. The lowest BCUT2D eigenvalue weighted by atomic mass is 10.1. The molecule has 0 bridgehead atoms. The molecule has 0 saturated heterocycles. The molecule has 0 aliphatic carbocycles. The van der Waals surface area contributed by atoms with Gasteiger partial charge in [0, 0.05) is 6.54 Å². The fourth-order valence-electron chi connectivity index (χ4n) is 2.28. The fourth-order valence-corrected chi connectivity index (χ4v) is 2.28. The van der Waals surface area contributed by atoms with Crippen LogP contribution in [0.4, 0.5) is 10.5 Å². The highest BCUT2D eigenvalue weighted by atomic mass is 16.5. The summed E-state index contributed by atoms with van der Waals surface area (Å²) in [6.07, 6.45) is -1.02. The van der Waals surface area contributed by atoms with Crippen molar-refractivity contribution in [3.8, 4) is 11.8 Å². The summed E-state index contributed by atoms with van der Waals surface area (Å²) < 4.78 is 5.63.